The Bertz CT molecular complexity index is 333. The van der Waals surface area contributed by atoms with Crippen LogP contribution in [-0.4, -0.2) is 18.7 Å². The first-order valence-corrected chi connectivity index (χ1v) is 5.03. The van der Waals surface area contributed by atoms with Crippen molar-refractivity contribution in [2.75, 3.05) is 5.75 Å². The fourth-order valence-electron chi connectivity index (χ4n) is 0.801. The fraction of sp³-hybridized carbons (Fsp3) is 0.286. The van der Waals surface area contributed by atoms with Crippen LogP contribution in [0.25, 0.3) is 0 Å². The zero-order valence-corrected chi connectivity index (χ0v) is 7.20. The smallest absolute Gasteiger partial charge is 0.168 e. The minimum Gasteiger partial charge on any atom is -0.748 e. The van der Waals surface area contributed by atoms with Crippen molar-refractivity contribution in [3.63, 3.8) is 0 Å². The molecule has 0 amide bonds. The first-order chi connectivity index (χ1) is 5.58. The molecule has 1 rings (SSSR count). The van der Waals surface area contributed by atoms with Gasteiger partial charge >= 0.3 is 0 Å². The van der Waals surface area contributed by atoms with E-state index in [1.54, 1.807) is 29.1 Å². The minimum atomic E-state index is -4.09. The highest BCUT2D eigenvalue weighted by molar-refractivity contribution is 7.85. The van der Waals surface area contributed by atoms with Gasteiger partial charge in [-0.25, -0.2) is 13.0 Å². The third-order valence-corrected chi connectivity index (χ3v) is 2.06. The Hall–Kier alpha value is -0.940. The lowest BCUT2D eigenvalue weighted by atomic mass is 10.5. The van der Waals surface area contributed by atoms with E-state index in [4.69, 9.17) is 0 Å². The van der Waals surface area contributed by atoms with Gasteiger partial charge in [0.05, 0.1) is 5.75 Å². The van der Waals surface area contributed by atoms with E-state index < -0.39 is 10.1 Å². The highest BCUT2D eigenvalue weighted by Crippen LogP contribution is 1.82. The van der Waals surface area contributed by atoms with Crippen LogP contribution in [0.15, 0.2) is 30.6 Å². The predicted octanol–water partition coefficient (Wildman–Crippen LogP) is -0.481. The first-order valence-electron chi connectivity index (χ1n) is 3.45. The molecular weight excluding hydrogens is 178 g/mol. The lowest BCUT2D eigenvalue weighted by Gasteiger charge is -2.02. The molecule has 0 aliphatic rings. The summed E-state index contributed by atoms with van der Waals surface area (Å²) in [6.07, 6.45) is 3.43. The SMILES string of the molecule is O=S(=O)([O-])CC[n+]1ccccc1. The zero-order chi connectivity index (χ0) is 9.03. The van der Waals surface area contributed by atoms with Gasteiger partial charge in [-0.2, -0.15) is 0 Å². The molecule has 1 aromatic rings. The highest BCUT2D eigenvalue weighted by atomic mass is 32.2. The third-order valence-electron chi connectivity index (χ3n) is 1.38. The van der Waals surface area contributed by atoms with E-state index in [1.807, 2.05) is 6.07 Å². The van der Waals surface area contributed by atoms with Crippen LogP contribution in [0.1, 0.15) is 0 Å². The van der Waals surface area contributed by atoms with Gasteiger partial charge in [0.15, 0.2) is 18.9 Å². The molecule has 1 heterocycles. The maximum Gasteiger partial charge on any atom is 0.168 e. The quantitative estimate of drug-likeness (QED) is 0.474. The molecule has 0 atom stereocenters. The average molecular weight is 187 g/mol. The monoisotopic (exact) mass is 187 g/mol. The van der Waals surface area contributed by atoms with E-state index in [2.05, 4.69) is 0 Å². The van der Waals surface area contributed by atoms with E-state index >= 15 is 0 Å². The van der Waals surface area contributed by atoms with E-state index in [0.29, 0.717) is 0 Å². The first kappa shape index (κ1) is 9.15. The lowest BCUT2D eigenvalue weighted by molar-refractivity contribution is -0.692. The van der Waals surface area contributed by atoms with Gasteiger partial charge < -0.3 is 4.55 Å². The second-order valence-corrected chi connectivity index (χ2v) is 3.90. The summed E-state index contributed by atoms with van der Waals surface area (Å²) in [6, 6.07) is 5.37. The normalized spacial score (nSPS) is 11.4. The highest BCUT2D eigenvalue weighted by Gasteiger charge is 2.01. The van der Waals surface area contributed by atoms with Crippen LogP contribution >= 0.6 is 0 Å². The molecule has 12 heavy (non-hydrogen) atoms. The van der Waals surface area contributed by atoms with E-state index in [-0.39, 0.29) is 12.3 Å². The molecule has 5 heteroatoms. The van der Waals surface area contributed by atoms with Crippen molar-refractivity contribution in [2.24, 2.45) is 0 Å². The van der Waals surface area contributed by atoms with Crippen molar-refractivity contribution >= 4 is 10.1 Å². The summed E-state index contributed by atoms with van der Waals surface area (Å²) in [7, 11) is -4.09. The molecule has 0 unspecified atom stereocenters. The van der Waals surface area contributed by atoms with Gasteiger partial charge in [0, 0.05) is 12.1 Å². The van der Waals surface area contributed by atoms with Crippen LogP contribution in [-0.2, 0) is 16.7 Å². The van der Waals surface area contributed by atoms with Crippen molar-refractivity contribution < 1.29 is 17.5 Å². The molecule has 0 aliphatic carbocycles. The maximum absolute atomic E-state index is 10.2. The third kappa shape index (κ3) is 3.45. The molecule has 0 aliphatic heterocycles. The van der Waals surface area contributed by atoms with E-state index in [1.165, 1.54) is 0 Å². The molecule has 0 spiro atoms. The van der Waals surface area contributed by atoms with Crippen LogP contribution in [0.3, 0.4) is 0 Å². The molecule has 0 aromatic carbocycles. The maximum atomic E-state index is 10.2. The number of hydrogen-bond donors (Lipinski definition) is 0. The van der Waals surface area contributed by atoms with Gasteiger partial charge in [-0.15, -0.1) is 0 Å². The van der Waals surface area contributed by atoms with Crippen LogP contribution in [0, 0.1) is 0 Å². The summed E-state index contributed by atoms with van der Waals surface area (Å²) < 4.78 is 32.4. The number of rotatable bonds is 3. The Kier molecular flexibility index (Phi) is 2.78. The Morgan fingerprint density at radius 1 is 1.17 bits per heavy atom. The second kappa shape index (κ2) is 3.64. The van der Waals surface area contributed by atoms with Gasteiger partial charge in [-0.05, 0) is 0 Å². The van der Waals surface area contributed by atoms with Gasteiger partial charge in [0.25, 0.3) is 0 Å². The molecular formula is C7H9NO3S. The number of hydrogen-bond acceptors (Lipinski definition) is 3. The molecule has 0 bridgehead atoms. The summed E-state index contributed by atoms with van der Waals surface area (Å²) >= 11 is 0. The van der Waals surface area contributed by atoms with Crippen molar-refractivity contribution in [1.82, 2.24) is 0 Å². The summed E-state index contributed by atoms with van der Waals surface area (Å²) in [5.41, 5.74) is 0. The van der Waals surface area contributed by atoms with E-state index in [0.717, 1.165) is 0 Å². The van der Waals surface area contributed by atoms with Crippen LogP contribution in [0.2, 0.25) is 0 Å². The lowest BCUT2D eigenvalue weighted by Crippen LogP contribution is -2.36. The Morgan fingerprint density at radius 2 is 1.75 bits per heavy atom. The molecule has 1 aromatic heterocycles. The summed E-state index contributed by atoms with van der Waals surface area (Å²) in [5, 5.41) is 0. The number of aromatic nitrogens is 1. The summed E-state index contributed by atoms with van der Waals surface area (Å²) in [4.78, 5) is 0. The van der Waals surface area contributed by atoms with Gasteiger partial charge in [-0.3, -0.25) is 0 Å². The molecule has 0 saturated carbocycles. The molecule has 0 saturated heterocycles. The van der Waals surface area contributed by atoms with Crippen LogP contribution in [0.4, 0.5) is 0 Å². The molecule has 4 nitrogen and oxygen atoms in total. The van der Waals surface area contributed by atoms with Crippen LogP contribution in [0.5, 0.6) is 0 Å². The molecule has 0 fully saturated rings. The summed E-state index contributed by atoms with van der Waals surface area (Å²) in [5.74, 6) is -0.359. The largest absolute Gasteiger partial charge is 0.748 e. The predicted molar refractivity (Wildman–Crippen MR) is 41.2 cm³/mol. The summed E-state index contributed by atoms with van der Waals surface area (Å²) in [6.45, 7) is 0.215. The molecule has 0 radical (unpaired) electrons. The van der Waals surface area contributed by atoms with Gasteiger partial charge in [-0.1, -0.05) is 6.07 Å². The van der Waals surface area contributed by atoms with Gasteiger partial charge in [0.2, 0.25) is 0 Å². The fourth-order valence-corrected chi connectivity index (χ4v) is 1.24. The number of nitrogens with zero attached hydrogens (tertiary/aromatic N) is 1. The van der Waals surface area contributed by atoms with Gasteiger partial charge in [0.1, 0.15) is 10.1 Å². The Labute approximate surface area is 71.2 Å². The Morgan fingerprint density at radius 3 is 2.25 bits per heavy atom. The standard InChI is InChI=1S/C7H9NO3S/c9-12(10,11)7-6-8-4-2-1-3-5-8/h1-5H,6-7H2. The average Bonchev–Trinajstić information content (AvgIpc) is 2.02. The molecule has 0 N–H and O–H groups in total. The van der Waals surface area contributed by atoms with E-state index in [9.17, 15) is 13.0 Å². The Balaban J connectivity index is 2.56. The zero-order valence-electron chi connectivity index (χ0n) is 6.38. The van der Waals surface area contributed by atoms with Crippen molar-refractivity contribution in [3.8, 4) is 0 Å². The van der Waals surface area contributed by atoms with Crippen molar-refractivity contribution in [1.29, 1.82) is 0 Å². The number of aryl methyl sites for hydroxylation is 1. The van der Waals surface area contributed by atoms with Crippen molar-refractivity contribution in [3.05, 3.63) is 30.6 Å². The molecule has 66 valence electrons. The minimum absolute atomic E-state index is 0.215. The van der Waals surface area contributed by atoms with Crippen LogP contribution < -0.4 is 4.57 Å². The van der Waals surface area contributed by atoms with Crippen molar-refractivity contribution in [2.45, 2.75) is 6.54 Å². The topological polar surface area (TPSA) is 61.1 Å². The number of pyridine rings is 1. The second-order valence-electron chi connectivity index (χ2n) is 2.38.